The number of carbonyl (C=O) groups excluding carboxylic acids is 1. The van der Waals surface area contributed by atoms with Gasteiger partial charge in [-0.2, -0.15) is 0 Å². The Morgan fingerprint density at radius 1 is 1.24 bits per heavy atom. The summed E-state index contributed by atoms with van der Waals surface area (Å²) in [5.41, 5.74) is 2.29. The Kier molecular flexibility index (Phi) is 6.07. The molecule has 1 aromatic carbocycles. The summed E-state index contributed by atoms with van der Waals surface area (Å²) in [4.78, 5) is 25.1. The minimum atomic E-state index is -0.953. The number of halogens is 1. The summed E-state index contributed by atoms with van der Waals surface area (Å²) in [5.74, 6) is -0.642. The van der Waals surface area contributed by atoms with Crippen LogP contribution in [0.25, 0.3) is 0 Å². The van der Waals surface area contributed by atoms with E-state index in [1.165, 1.54) is 18.3 Å². The minimum Gasteiger partial charge on any atom is -0.481 e. The fourth-order valence-electron chi connectivity index (χ4n) is 2.82. The molecule has 5 heteroatoms. The molecule has 134 valence electrons. The van der Waals surface area contributed by atoms with E-state index in [0.29, 0.717) is 17.2 Å². The first-order valence-corrected chi connectivity index (χ1v) is 9.50. The van der Waals surface area contributed by atoms with Gasteiger partial charge in [0.05, 0.1) is 10.3 Å². The highest BCUT2D eigenvalue weighted by Crippen LogP contribution is 2.41. The lowest BCUT2D eigenvalue weighted by molar-refractivity contribution is -0.148. The summed E-state index contributed by atoms with van der Waals surface area (Å²) in [6, 6.07) is 9.76. The molecule has 0 aliphatic carbocycles. The Hall–Kier alpha value is -1.65. The molecule has 0 spiro atoms. The number of hydrogen-bond acceptors (Lipinski definition) is 3. The molecule has 1 aromatic heterocycles. The highest BCUT2D eigenvalue weighted by molar-refractivity contribution is 7.14. The molecule has 2 rings (SSSR count). The Balaban J connectivity index is 2.44. The van der Waals surface area contributed by atoms with Gasteiger partial charge in [0.1, 0.15) is 0 Å². The highest BCUT2D eigenvalue weighted by atomic mass is 35.5. The number of benzene rings is 1. The Labute approximate surface area is 157 Å². The maximum Gasteiger partial charge on any atom is 0.309 e. The van der Waals surface area contributed by atoms with Gasteiger partial charge in [0.15, 0.2) is 5.78 Å². The van der Waals surface area contributed by atoms with E-state index >= 15 is 0 Å². The van der Waals surface area contributed by atoms with Crippen molar-refractivity contribution in [2.75, 3.05) is 0 Å². The van der Waals surface area contributed by atoms with Crippen LogP contribution in [0.1, 0.15) is 57.9 Å². The molecule has 0 aliphatic heterocycles. The van der Waals surface area contributed by atoms with Crippen LogP contribution in [0.2, 0.25) is 0 Å². The van der Waals surface area contributed by atoms with Crippen LogP contribution in [-0.4, -0.2) is 16.9 Å². The third kappa shape index (κ3) is 4.31. The van der Waals surface area contributed by atoms with E-state index in [1.54, 1.807) is 19.9 Å². The Morgan fingerprint density at radius 3 is 2.44 bits per heavy atom. The van der Waals surface area contributed by atoms with E-state index in [1.807, 2.05) is 31.2 Å². The number of carboxylic acids is 1. The van der Waals surface area contributed by atoms with Crippen molar-refractivity contribution in [2.45, 2.75) is 45.9 Å². The normalized spacial score (nSPS) is 12.8. The molecule has 0 saturated heterocycles. The fourth-order valence-corrected chi connectivity index (χ4v) is 4.30. The van der Waals surface area contributed by atoms with Gasteiger partial charge >= 0.3 is 5.97 Å². The van der Waals surface area contributed by atoms with Crippen molar-refractivity contribution in [3.05, 3.63) is 56.8 Å². The van der Waals surface area contributed by atoms with Crippen LogP contribution in [0.15, 0.2) is 30.3 Å². The first-order valence-electron chi connectivity index (χ1n) is 8.15. The number of carbonyl (C=O) groups is 2. The van der Waals surface area contributed by atoms with Gasteiger partial charge in [0, 0.05) is 16.7 Å². The first kappa shape index (κ1) is 19.7. The number of aryl methyl sites for hydroxylation is 1. The molecule has 25 heavy (non-hydrogen) atoms. The number of ketones is 1. The van der Waals surface area contributed by atoms with Gasteiger partial charge in [-0.1, -0.05) is 18.2 Å². The SMILES string of the molecule is CC(=O)c1ccc(C(Cc2ccc(C)c(CCl)c2)C(C)(C)C(=O)O)s1. The molecular formula is C20H23ClO3S. The molecule has 0 fully saturated rings. The predicted octanol–water partition coefficient (Wildman–Crippen LogP) is 5.44. The average molecular weight is 379 g/mol. The Morgan fingerprint density at radius 2 is 1.92 bits per heavy atom. The molecule has 1 heterocycles. The number of aliphatic carboxylic acids is 1. The highest BCUT2D eigenvalue weighted by Gasteiger charge is 2.38. The average Bonchev–Trinajstić information content (AvgIpc) is 3.03. The molecule has 0 amide bonds. The molecular weight excluding hydrogens is 356 g/mol. The lowest BCUT2D eigenvalue weighted by Crippen LogP contribution is -2.32. The smallest absolute Gasteiger partial charge is 0.309 e. The topological polar surface area (TPSA) is 54.4 Å². The van der Waals surface area contributed by atoms with Crippen LogP contribution in [0.3, 0.4) is 0 Å². The van der Waals surface area contributed by atoms with Crippen molar-refractivity contribution in [2.24, 2.45) is 5.41 Å². The quantitative estimate of drug-likeness (QED) is 0.515. The van der Waals surface area contributed by atoms with Crippen molar-refractivity contribution in [1.29, 1.82) is 0 Å². The molecule has 1 unspecified atom stereocenters. The molecule has 1 atom stereocenters. The van der Waals surface area contributed by atoms with Gasteiger partial charge < -0.3 is 5.11 Å². The largest absolute Gasteiger partial charge is 0.481 e. The maximum atomic E-state index is 11.9. The van der Waals surface area contributed by atoms with Crippen LogP contribution >= 0.6 is 22.9 Å². The number of rotatable bonds is 7. The van der Waals surface area contributed by atoms with Gasteiger partial charge in [0.2, 0.25) is 0 Å². The summed E-state index contributed by atoms with van der Waals surface area (Å²) in [6.45, 7) is 7.02. The molecule has 2 aromatic rings. The second-order valence-electron chi connectivity index (χ2n) is 6.94. The second-order valence-corrected chi connectivity index (χ2v) is 8.32. The van der Waals surface area contributed by atoms with Crippen LogP contribution in [0, 0.1) is 12.3 Å². The van der Waals surface area contributed by atoms with Crippen LogP contribution in [-0.2, 0) is 17.1 Å². The minimum absolute atomic E-state index is 0.00268. The number of thiophene rings is 1. The van der Waals surface area contributed by atoms with E-state index in [-0.39, 0.29) is 11.7 Å². The molecule has 3 nitrogen and oxygen atoms in total. The third-order valence-electron chi connectivity index (χ3n) is 4.74. The van der Waals surface area contributed by atoms with Gasteiger partial charge in [-0.15, -0.1) is 22.9 Å². The molecule has 0 bridgehead atoms. The monoisotopic (exact) mass is 378 g/mol. The Bertz CT molecular complexity index is 792. The van der Waals surface area contributed by atoms with Gasteiger partial charge in [-0.25, -0.2) is 0 Å². The number of carboxylic acid groups (broad SMARTS) is 1. The summed E-state index contributed by atoms with van der Waals surface area (Å²) in [6.07, 6.45) is 0.585. The predicted molar refractivity (Wildman–Crippen MR) is 103 cm³/mol. The van der Waals surface area contributed by atoms with Gasteiger partial charge in [0.25, 0.3) is 0 Å². The summed E-state index contributed by atoms with van der Waals surface area (Å²) < 4.78 is 0. The lowest BCUT2D eigenvalue weighted by Gasteiger charge is -2.30. The van der Waals surface area contributed by atoms with E-state index in [9.17, 15) is 14.7 Å². The lowest BCUT2D eigenvalue weighted by atomic mass is 9.74. The van der Waals surface area contributed by atoms with E-state index in [0.717, 1.165) is 21.6 Å². The molecule has 0 saturated carbocycles. The maximum absolute atomic E-state index is 11.9. The molecule has 0 radical (unpaired) electrons. The van der Waals surface area contributed by atoms with Crippen molar-refractivity contribution in [3.8, 4) is 0 Å². The molecule has 0 aliphatic rings. The van der Waals surface area contributed by atoms with Crippen molar-refractivity contribution >= 4 is 34.7 Å². The van der Waals surface area contributed by atoms with Crippen molar-refractivity contribution < 1.29 is 14.7 Å². The fraction of sp³-hybridized carbons (Fsp3) is 0.400. The molecule has 1 N–H and O–H groups in total. The van der Waals surface area contributed by atoms with Gasteiger partial charge in [-0.05, 0) is 62.9 Å². The zero-order chi connectivity index (χ0) is 18.8. The first-order chi connectivity index (χ1) is 11.7. The van der Waals surface area contributed by atoms with E-state index in [4.69, 9.17) is 11.6 Å². The third-order valence-corrected chi connectivity index (χ3v) is 6.32. The van der Waals surface area contributed by atoms with E-state index in [2.05, 4.69) is 0 Å². The van der Waals surface area contributed by atoms with Crippen LogP contribution in [0.4, 0.5) is 0 Å². The summed E-state index contributed by atoms with van der Waals surface area (Å²) in [7, 11) is 0. The van der Waals surface area contributed by atoms with Crippen LogP contribution < -0.4 is 0 Å². The van der Waals surface area contributed by atoms with Gasteiger partial charge in [-0.3, -0.25) is 9.59 Å². The number of alkyl halides is 1. The zero-order valence-electron chi connectivity index (χ0n) is 14.9. The summed E-state index contributed by atoms with van der Waals surface area (Å²) in [5, 5.41) is 9.73. The summed E-state index contributed by atoms with van der Waals surface area (Å²) >= 11 is 7.39. The van der Waals surface area contributed by atoms with Crippen LogP contribution in [0.5, 0.6) is 0 Å². The number of hydrogen-bond donors (Lipinski definition) is 1. The van der Waals surface area contributed by atoms with Crippen molar-refractivity contribution in [3.63, 3.8) is 0 Å². The standard InChI is InChI=1S/C20H23ClO3S/c1-12-5-6-14(9-15(12)11-21)10-16(20(3,4)19(23)24)18-8-7-17(25-18)13(2)22/h5-9,16H,10-11H2,1-4H3,(H,23,24). The van der Waals surface area contributed by atoms with Crippen molar-refractivity contribution in [1.82, 2.24) is 0 Å². The van der Waals surface area contributed by atoms with E-state index < -0.39 is 11.4 Å². The number of Topliss-reactive ketones (excluding diaryl/α,β-unsaturated/α-hetero) is 1. The second kappa shape index (κ2) is 7.71. The zero-order valence-corrected chi connectivity index (χ0v) is 16.5.